The van der Waals surface area contributed by atoms with Gasteiger partial charge in [0, 0.05) is 11.0 Å². The van der Waals surface area contributed by atoms with Crippen molar-refractivity contribution in [2.45, 2.75) is 20.8 Å². The largest absolute Gasteiger partial charge is 0.325 e. The number of benzene rings is 2. The maximum Gasteiger partial charge on any atom is 0.229 e. The predicted octanol–water partition coefficient (Wildman–Crippen LogP) is 4.95. The molecule has 3 rings (SSSR count). The van der Waals surface area contributed by atoms with Gasteiger partial charge in [-0.1, -0.05) is 45.0 Å². The number of hydrogen-bond acceptors (Lipinski definition) is 3. The monoisotopic (exact) mass is 310 g/mol. The molecule has 0 saturated heterocycles. The normalized spacial score (nSPS) is 11.6. The minimum Gasteiger partial charge on any atom is -0.325 e. The van der Waals surface area contributed by atoms with Crippen LogP contribution in [0.1, 0.15) is 20.8 Å². The Balaban J connectivity index is 2.02. The molecule has 4 heteroatoms. The summed E-state index contributed by atoms with van der Waals surface area (Å²) in [5.41, 5.74) is 2.32. The first-order valence-electron chi connectivity index (χ1n) is 7.21. The molecule has 22 heavy (non-hydrogen) atoms. The van der Waals surface area contributed by atoms with Gasteiger partial charge in [0.2, 0.25) is 5.91 Å². The highest BCUT2D eigenvalue weighted by molar-refractivity contribution is 7.21. The van der Waals surface area contributed by atoms with Crippen LogP contribution in [0, 0.1) is 5.41 Å². The van der Waals surface area contributed by atoms with Crippen LogP contribution >= 0.6 is 11.3 Å². The maximum absolute atomic E-state index is 12.3. The summed E-state index contributed by atoms with van der Waals surface area (Å²) in [6.07, 6.45) is 0. The van der Waals surface area contributed by atoms with Gasteiger partial charge in [-0.05, 0) is 24.3 Å². The first-order chi connectivity index (χ1) is 10.4. The molecule has 1 aromatic heterocycles. The van der Waals surface area contributed by atoms with Gasteiger partial charge in [0.05, 0.1) is 15.9 Å². The molecule has 0 fully saturated rings. The minimum atomic E-state index is -0.430. The summed E-state index contributed by atoms with van der Waals surface area (Å²) in [5.74, 6) is 0.000983. The molecule has 3 nitrogen and oxygen atoms in total. The van der Waals surface area contributed by atoms with Crippen molar-refractivity contribution in [3.8, 4) is 10.6 Å². The second-order valence-corrected chi connectivity index (χ2v) is 7.27. The predicted molar refractivity (Wildman–Crippen MR) is 93.1 cm³/mol. The van der Waals surface area contributed by atoms with Gasteiger partial charge in [-0.15, -0.1) is 11.3 Å². The van der Waals surface area contributed by atoms with Crippen molar-refractivity contribution in [2.24, 2.45) is 5.41 Å². The Kier molecular flexibility index (Phi) is 3.71. The van der Waals surface area contributed by atoms with E-state index in [1.165, 1.54) is 0 Å². The van der Waals surface area contributed by atoms with Crippen molar-refractivity contribution in [2.75, 3.05) is 5.32 Å². The molecule has 1 N–H and O–H groups in total. The summed E-state index contributed by atoms with van der Waals surface area (Å²) in [5, 5.41) is 3.94. The van der Waals surface area contributed by atoms with E-state index in [9.17, 15) is 4.79 Å². The quantitative estimate of drug-likeness (QED) is 0.728. The van der Waals surface area contributed by atoms with Crippen LogP contribution in [-0.2, 0) is 4.79 Å². The molecule has 0 bridgehead atoms. The van der Waals surface area contributed by atoms with Crippen molar-refractivity contribution < 1.29 is 4.79 Å². The van der Waals surface area contributed by atoms with Gasteiger partial charge in [0.1, 0.15) is 5.01 Å². The van der Waals surface area contributed by atoms with E-state index in [0.29, 0.717) is 0 Å². The van der Waals surface area contributed by atoms with Crippen molar-refractivity contribution in [3.63, 3.8) is 0 Å². The zero-order chi connectivity index (χ0) is 15.7. The summed E-state index contributed by atoms with van der Waals surface area (Å²) >= 11 is 1.64. The zero-order valence-corrected chi connectivity index (χ0v) is 13.7. The Hall–Kier alpha value is -2.20. The first kappa shape index (κ1) is 14.7. The topological polar surface area (TPSA) is 42.0 Å². The third kappa shape index (κ3) is 2.88. The molecule has 1 heterocycles. The third-order valence-corrected chi connectivity index (χ3v) is 4.45. The molecule has 0 aliphatic heterocycles. The molecule has 1 amide bonds. The molecule has 0 unspecified atom stereocenters. The van der Waals surface area contributed by atoms with Gasteiger partial charge in [-0.2, -0.15) is 0 Å². The number of thiazole rings is 1. The number of carbonyl (C=O) groups is 1. The number of nitrogens with zero attached hydrogens (tertiary/aromatic N) is 1. The van der Waals surface area contributed by atoms with Crippen molar-refractivity contribution in [3.05, 3.63) is 48.5 Å². The fourth-order valence-corrected chi connectivity index (χ4v) is 3.08. The lowest BCUT2D eigenvalue weighted by Gasteiger charge is -2.18. The lowest BCUT2D eigenvalue weighted by Crippen LogP contribution is -2.27. The van der Waals surface area contributed by atoms with Gasteiger partial charge in [-0.25, -0.2) is 4.98 Å². The molecule has 0 atom stereocenters. The number of aromatic nitrogens is 1. The number of carbonyl (C=O) groups excluding carboxylic acids is 1. The van der Waals surface area contributed by atoms with Crippen LogP contribution in [0.25, 0.3) is 20.8 Å². The number of para-hydroxylation sites is 2. The van der Waals surface area contributed by atoms with Crippen LogP contribution < -0.4 is 5.32 Å². The smallest absolute Gasteiger partial charge is 0.229 e. The van der Waals surface area contributed by atoms with Crippen LogP contribution in [0.5, 0.6) is 0 Å². The SMILES string of the molecule is CC(C)(C)C(=O)Nc1ccccc1-c1nc2ccccc2s1. The summed E-state index contributed by atoms with van der Waals surface area (Å²) in [6.45, 7) is 5.72. The molecular formula is C18H18N2OS. The van der Waals surface area contributed by atoms with E-state index in [-0.39, 0.29) is 5.91 Å². The number of fused-ring (bicyclic) bond motifs is 1. The standard InChI is InChI=1S/C18H18N2OS/c1-18(2,3)17(21)20-13-9-5-4-8-12(13)16-19-14-10-6-7-11-15(14)22-16/h4-11H,1-3H3,(H,20,21). The van der Waals surface area contributed by atoms with E-state index in [0.717, 1.165) is 26.5 Å². The van der Waals surface area contributed by atoms with E-state index >= 15 is 0 Å². The molecule has 2 aromatic carbocycles. The van der Waals surface area contributed by atoms with E-state index < -0.39 is 5.41 Å². The van der Waals surface area contributed by atoms with E-state index in [4.69, 9.17) is 0 Å². The number of hydrogen-bond donors (Lipinski definition) is 1. The van der Waals surface area contributed by atoms with Crippen molar-refractivity contribution in [1.29, 1.82) is 0 Å². The van der Waals surface area contributed by atoms with Crippen LogP contribution in [0.4, 0.5) is 5.69 Å². The molecule has 0 saturated carbocycles. The molecule has 0 aliphatic rings. The maximum atomic E-state index is 12.3. The molecule has 0 spiro atoms. The fourth-order valence-electron chi connectivity index (χ4n) is 2.08. The van der Waals surface area contributed by atoms with Gasteiger partial charge in [0.25, 0.3) is 0 Å². The average Bonchev–Trinajstić information content (AvgIpc) is 2.90. The average molecular weight is 310 g/mol. The number of rotatable bonds is 2. The van der Waals surface area contributed by atoms with Gasteiger partial charge < -0.3 is 5.32 Å². The van der Waals surface area contributed by atoms with Crippen molar-refractivity contribution >= 4 is 33.1 Å². The Bertz CT molecular complexity index is 797. The van der Waals surface area contributed by atoms with Gasteiger partial charge in [-0.3, -0.25) is 4.79 Å². The number of anilines is 1. The van der Waals surface area contributed by atoms with Crippen LogP contribution in [-0.4, -0.2) is 10.9 Å². The summed E-state index contributed by atoms with van der Waals surface area (Å²) in [6, 6.07) is 15.9. The van der Waals surface area contributed by atoms with Gasteiger partial charge in [0.15, 0.2) is 0 Å². The third-order valence-electron chi connectivity index (χ3n) is 3.38. The second kappa shape index (κ2) is 5.54. The van der Waals surface area contributed by atoms with Crippen LogP contribution in [0.3, 0.4) is 0 Å². The Morgan fingerprint density at radius 2 is 1.73 bits per heavy atom. The molecule has 3 aromatic rings. The number of amides is 1. The Labute approximate surface area is 134 Å². The summed E-state index contributed by atoms with van der Waals surface area (Å²) < 4.78 is 1.15. The lowest BCUT2D eigenvalue weighted by molar-refractivity contribution is -0.123. The van der Waals surface area contributed by atoms with E-state index in [1.807, 2.05) is 63.2 Å². The minimum absolute atomic E-state index is 0.000983. The molecule has 0 aliphatic carbocycles. The lowest BCUT2D eigenvalue weighted by atomic mass is 9.95. The van der Waals surface area contributed by atoms with Gasteiger partial charge >= 0.3 is 0 Å². The highest BCUT2D eigenvalue weighted by Crippen LogP contribution is 2.34. The number of nitrogens with one attached hydrogen (secondary N) is 1. The summed E-state index contributed by atoms with van der Waals surface area (Å²) in [7, 11) is 0. The Morgan fingerprint density at radius 3 is 2.45 bits per heavy atom. The molecular weight excluding hydrogens is 292 g/mol. The van der Waals surface area contributed by atoms with Crippen molar-refractivity contribution in [1.82, 2.24) is 4.98 Å². The van der Waals surface area contributed by atoms with Crippen LogP contribution in [0.15, 0.2) is 48.5 Å². The molecule has 0 radical (unpaired) electrons. The summed E-state index contributed by atoms with van der Waals surface area (Å²) in [4.78, 5) is 16.9. The Morgan fingerprint density at radius 1 is 1.05 bits per heavy atom. The zero-order valence-electron chi connectivity index (χ0n) is 12.9. The fraction of sp³-hybridized carbons (Fsp3) is 0.222. The van der Waals surface area contributed by atoms with E-state index in [2.05, 4.69) is 16.4 Å². The highest BCUT2D eigenvalue weighted by Gasteiger charge is 2.22. The van der Waals surface area contributed by atoms with E-state index in [1.54, 1.807) is 11.3 Å². The second-order valence-electron chi connectivity index (χ2n) is 6.24. The molecule has 112 valence electrons. The van der Waals surface area contributed by atoms with Crippen LogP contribution in [0.2, 0.25) is 0 Å². The highest BCUT2D eigenvalue weighted by atomic mass is 32.1. The first-order valence-corrected chi connectivity index (χ1v) is 8.03.